The second kappa shape index (κ2) is 30.1. The number of phosphoric ester groups is 1. The summed E-state index contributed by atoms with van der Waals surface area (Å²) in [6.07, 6.45) is 22.0. The van der Waals surface area contributed by atoms with E-state index in [0.29, 0.717) is 48.2 Å². The molecule has 0 radical (unpaired) electrons. The fourth-order valence-corrected chi connectivity index (χ4v) is 8.13. The maximum absolute atomic E-state index is 13.2. The van der Waals surface area contributed by atoms with Gasteiger partial charge in [-0.25, -0.2) is 9.36 Å². The first-order chi connectivity index (χ1) is 28.2. The van der Waals surface area contributed by atoms with Crippen LogP contribution in [0.5, 0.6) is 0 Å². The van der Waals surface area contributed by atoms with Crippen LogP contribution in [-0.2, 0) is 44.0 Å². The van der Waals surface area contributed by atoms with Gasteiger partial charge in [-0.1, -0.05) is 123 Å². The summed E-state index contributed by atoms with van der Waals surface area (Å²) in [5.41, 5.74) is 2.63. The Morgan fingerprint density at radius 3 is 2.03 bits per heavy atom. The number of nitrogens with zero attached hydrogens (tertiary/aromatic N) is 4. The second-order valence-corrected chi connectivity index (χ2v) is 19.4. The molecular weight excluding hydrogens is 796 g/mol. The van der Waals surface area contributed by atoms with Crippen LogP contribution >= 0.6 is 19.6 Å². The minimum absolute atomic E-state index is 0.0199. The van der Waals surface area contributed by atoms with Crippen LogP contribution in [0.1, 0.15) is 161 Å². The van der Waals surface area contributed by atoms with E-state index in [2.05, 4.69) is 28.7 Å². The Labute approximate surface area is 360 Å². The van der Waals surface area contributed by atoms with E-state index in [9.17, 15) is 19.0 Å². The molecule has 0 saturated carbocycles. The zero-order valence-corrected chi connectivity index (χ0v) is 39.5. The van der Waals surface area contributed by atoms with Gasteiger partial charge in [0.05, 0.1) is 59.7 Å². The van der Waals surface area contributed by atoms with Crippen LogP contribution in [0.4, 0.5) is 4.79 Å². The summed E-state index contributed by atoms with van der Waals surface area (Å²) in [6.45, 7) is 8.09. The maximum atomic E-state index is 13.2. The normalized spacial score (nSPS) is 17.9. The van der Waals surface area contributed by atoms with Gasteiger partial charge in [-0.2, -0.15) is 8.75 Å². The van der Waals surface area contributed by atoms with Crippen LogP contribution in [0.2, 0.25) is 0 Å². The van der Waals surface area contributed by atoms with Crippen LogP contribution in [-0.4, -0.2) is 121 Å². The lowest BCUT2D eigenvalue weighted by molar-refractivity contribution is -0.944. The van der Waals surface area contributed by atoms with Gasteiger partial charge in [-0.15, -0.1) is 0 Å². The molecule has 0 aliphatic carbocycles. The van der Waals surface area contributed by atoms with E-state index in [1.54, 1.807) is 6.92 Å². The molecule has 14 nitrogen and oxygen atoms in total. The number of phosphoric acid groups is 1. The van der Waals surface area contributed by atoms with Gasteiger partial charge in [-0.05, 0) is 12.8 Å². The molecule has 2 heterocycles. The summed E-state index contributed by atoms with van der Waals surface area (Å²) in [5.74, 6) is -0.436. The van der Waals surface area contributed by atoms with Crippen molar-refractivity contribution in [3.8, 4) is 0 Å². The summed E-state index contributed by atoms with van der Waals surface area (Å²) in [4.78, 5) is 36.2. The first kappa shape index (κ1) is 53.2. The number of aromatic nitrogens is 2. The highest BCUT2D eigenvalue weighted by Crippen LogP contribution is 2.43. The third-order valence-corrected chi connectivity index (χ3v) is 12.4. The molecule has 0 saturated heterocycles. The predicted molar refractivity (Wildman–Crippen MR) is 234 cm³/mol. The number of hydrogen-bond donors (Lipinski definition) is 1. The highest BCUT2D eigenvalue weighted by Gasteiger charge is 2.37. The Kier molecular flexibility index (Phi) is 27.2. The summed E-state index contributed by atoms with van der Waals surface area (Å²) in [5, 5.41) is 0. The van der Waals surface area contributed by atoms with Crippen LogP contribution in [0.15, 0.2) is 6.08 Å². The molecule has 0 amide bonds. The zero-order chi connectivity index (χ0) is 43.4. The topological polar surface area (TPSA) is 153 Å². The largest absolute Gasteiger partial charge is 0.513 e. The number of quaternary nitrogens is 2. The average Bonchev–Trinajstić information content (AvgIpc) is 3.65. The first-order valence-electron chi connectivity index (χ1n) is 22.6. The molecule has 342 valence electrons. The molecule has 1 aliphatic heterocycles. The molecule has 0 aromatic carbocycles. The van der Waals surface area contributed by atoms with E-state index in [0.717, 1.165) is 73.6 Å². The third-order valence-electron chi connectivity index (χ3n) is 10.8. The first-order valence-corrected chi connectivity index (χ1v) is 24.8. The molecule has 59 heavy (non-hydrogen) atoms. The van der Waals surface area contributed by atoms with E-state index in [-0.39, 0.29) is 19.6 Å². The van der Waals surface area contributed by atoms with Crippen molar-refractivity contribution in [1.82, 2.24) is 8.75 Å². The van der Waals surface area contributed by atoms with Gasteiger partial charge in [0.1, 0.15) is 37.7 Å². The second-order valence-electron chi connectivity index (χ2n) is 17.4. The van der Waals surface area contributed by atoms with Gasteiger partial charge in [-0.3, -0.25) is 18.3 Å². The average molecular weight is 877 g/mol. The lowest BCUT2D eigenvalue weighted by Gasteiger charge is -2.41. The summed E-state index contributed by atoms with van der Waals surface area (Å²) >= 11 is 1.16. The predicted octanol–water partition coefficient (Wildman–Crippen LogP) is 9.99. The highest BCUT2D eigenvalue weighted by atomic mass is 32.1. The number of unbranched alkanes of at least 4 members (excludes halogenated alkanes) is 16. The molecule has 16 heteroatoms. The van der Waals surface area contributed by atoms with Crippen LogP contribution < -0.4 is 0 Å². The van der Waals surface area contributed by atoms with Gasteiger partial charge in [0.25, 0.3) is 0 Å². The van der Waals surface area contributed by atoms with Crippen molar-refractivity contribution in [2.24, 2.45) is 0 Å². The Hall–Kier alpha value is -1.97. The monoisotopic (exact) mass is 877 g/mol. The molecular formula is C43H81N4O10PS+2. The Morgan fingerprint density at radius 1 is 0.831 bits per heavy atom. The van der Waals surface area contributed by atoms with Gasteiger partial charge in [0.15, 0.2) is 6.10 Å². The van der Waals surface area contributed by atoms with Gasteiger partial charge in [0.2, 0.25) is 6.23 Å². The van der Waals surface area contributed by atoms with Crippen molar-refractivity contribution < 1.29 is 56.0 Å². The molecule has 0 spiro atoms. The van der Waals surface area contributed by atoms with Crippen molar-refractivity contribution in [2.75, 3.05) is 74.3 Å². The van der Waals surface area contributed by atoms with Crippen molar-refractivity contribution in [3.05, 3.63) is 17.5 Å². The number of ether oxygens (including phenoxy) is 4. The molecule has 2 rings (SSSR count). The number of carbonyl (C=O) groups excluding carboxylic acids is 2. The lowest BCUT2D eigenvalue weighted by atomic mass is 10.0. The number of likely N-dealkylation sites (N-methyl/N-ethyl adjacent to an activating group) is 2. The van der Waals surface area contributed by atoms with Gasteiger partial charge in [0, 0.05) is 31.9 Å². The van der Waals surface area contributed by atoms with Crippen molar-refractivity contribution in [3.63, 3.8) is 0 Å². The van der Waals surface area contributed by atoms with Gasteiger partial charge >= 0.3 is 19.9 Å². The third kappa shape index (κ3) is 24.9. The zero-order valence-electron chi connectivity index (χ0n) is 37.8. The van der Waals surface area contributed by atoms with Crippen molar-refractivity contribution in [1.29, 1.82) is 0 Å². The lowest BCUT2D eigenvalue weighted by Crippen LogP contribution is -2.55. The summed E-state index contributed by atoms with van der Waals surface area (Å²) in [7, 11) is 3.30. The number of carbonyl (C=O) groups is 2. The minimum Gasteiger partial charge on any atom is -0.462 e. The number of hydrogen-bond acceptors (Lipinski definition) is 12. The van der Waals surface area contributed by atoms with Gasteiger partial charge < -0.3 is 28.3 Å². The molecule has 4 atom stereocenters. The maximum Gasteiger partial charge on any atom is 0.513 e. The van der Waals surface area contributed by atoms with Crippen LogP contribution in [0.25, 0.3) is 5.57 Å². The fraction of sp³-hybridized carbons (Fsp3) is 0.860. The molecule has 1 N–H and O–H groups in total. The number of esters is 1. The Bertz CT molecular complexity index is 1380. The highest BCUT2D eigenvalue weighted by molar-refractivity contribution is 7.47. The SMILES string of the molecule is CCCCCCCCCCCCCCCCCC(=O)OCC(COP(=O)(O)OCC[N+](C)(C)C)OC(=O)O[C@@H](C)[N+]1(C)CCC=C(c2nsnc2COCCCCC)C1. The molecule has 1 aromatic rings. The molecule has 1 aliphatic rings. The van der Waals surface area contributed by atoms with E-state index in [1.807, 2.05) is 28.2 Å². The van der Waals surface area contributed by atoms with E-state index in [1.165, 1.54) is 70.6 Å². The van der Waals surface area contributed by atoms with Crippen molar-refractivity contribution in [2.45, 2.75) is 168 Å². The molecule has 1 aromatic heterocycles. The standard InChI is InChI=1S/C43H80N4O10PS/c1-8-10-12-13-14-15-16-17-18-19-20-21-22-23-24-28-41(48)53-34-39(35-55-58(50,51)54-32-30-46(4,5)6)57-43(49)56-37(3)47(7)29-26-27-38(33-47)42-40(44-59-45-42)36-52-31-25-11-9-2/h27,37,39H,8-26,28-36H2,1-7H3/q+1/p+1/t37-,39?,47?/m0/s1. The number of rotatable bonds is 35. The molecule has 3 unspecified atom stereocenters. The van der Waals surface area contributed by atoms with Crippen molar-refractivity contribution >= 4 is 37.2 Å². The van der Waals surface area contributed by atoms with Crippen LogP contribution in [0.3, 0.4) is 0 Å². The molecule has 0 fully saturated rings. The van der Waals surface area contributed by atoms with E-state index in [4.69, 9.17) is 28.0 Å². The Balaban J connectivity index is 1.84. The van der Waals surface area contributed by atoms with Crippen LogP contribution in [0, 0.1) is 0 Å². The minimum atomic E-state index is -4.49. The molecule has 0 bridgehead atoms. The smallest absolute Gasteiger partial charge is 0.462 e. The quantitative estimate of drug-likeness (QED) is 0.0299. The summed E-state index contributed by atoms with van der Waals surface area (Å²) < 4.78 is 55.7. The van der Waals surface area contributed by atoms with E-state index >= 15 is 0 Å². The fourth-order valence-electron chi connectivity index (χ4n) is 6.81. The Morgan fingerprint density at radius 2 is 1.42 bits per heavy atom. The van der Waals surface area contributed by atoms with E-state index < -0.39 is 38.9 Å². The summed E-state index contributed by atoms with van der Waals surface area (Å²) in [6, 6.07) is 0.